The molecule has 0 fully saturated rings. The summed E-state index contributed by atoms with van der Waals surface area (Å²) in [6.45, 7) is 1.35. The molecular weight excluding hydrogens is 360 g/mol. The van der Waals surface area contributed by atoms with Crippen molar-refractivity contribution < 1.29 is 19.6 Å². The van der Waals surface area contributed by atoms with Crippen molar-refractivity contribution in [2.45, 2.75) is 25.7 Å². The molecule has 0 saturated heterocycles. The molecule has 3 rings (SSSR count). The highest BCUT2D eigenvalue weighted by molar-refractivity contribution is 6.09. The van der Waals surface area contributed by atoms with Crippen molar-refractivity contribution in [2.75, 3.05) is 11.4 Å². The van der Waals surface area contributed by atoms with E-state index in [9.17, 15) is 24.8 Å². The van der Waals surface area contributed by atoms with E-state index in [1.165, 1.54) is 29.2 Å². The second kappa shape index (κ2) is 8.04. The van der Waals surface area contributed by atoms with Crippen LogP contribution in [0.1, 0.15) is 40.2 Å². The van der Waals surface area contributed by atoms with Crippen LogP contribution in [0.15, 0.2) is 54.6 Å². The summed E-state index contributed by atoms with van der Waals surface area (Å²) in [5, 5.41) is 20.3. The van der Waals surface area contributed by atoms with Gasteiger partial charge in [-0.05, 0) is 43.0 Å². The molecule has 28 heavy (non-hydrogen) atoms. The molecular formula is C21H20N2O5. The zero-order chi connectivity index (χ0) is 20.3. The van der Waals surface area contributed by atoms with Crippen molar-refractivity contribution in [3.05, 3.63) is 81.4 Å². The molecule has 1 aliphatic rings. The van der Waals surface area contributed by atoms with Crippen molar-refractivity contribution in [1.82, 2.24) is 0 Å². The highest BCUT2D eigenvalue weighted by Gasteiger charge is 2.27. The minimum Gasteiger partial charge on any atom is -0.480 e. The molecule has 1 N–H and O–H groups in total. The Kier molecular flexibility index (Phi) is 5.54. The predicted molar refractivity (Wildman–Crippen MR) is 105 cm³/mol. The molecule has 2 aromatic carbocycles. The highest BCUT2D eigenvalue weighted by atomic mass is 16.6. The number of para-hydroxylation sites is 1. The third-order valence-corrected chi connectivity index (χ3v) is 4.81. The molecule has 0 spiro atoms. The number of nitrogens with zero attached hydrogens (tertiary/aromatic N) is 2. The lowest BCUT2D eigenvalue weighted by molar-refractivity contribution is -0.384. The normalized spacial score (nSPS) is 15.4. The molecule has 0 aromatic heterocycles. The summed E-state index contributed by atoms with van der Waals surface area (Å²) in [4.78, 5) is 36.2. The van der Waals surface area contributed by atoms with E-state index in [1.54, 1.807) is 0 Å². The molecule has 7 heteroatoms. The van der Waals surface area contributed by atoms with E-state index in [2.05, 4.69) is 12.2 Å². The number of nitro benzene ring substituents is 1. The van der Waals surface area contributed by atoms with Gasteiger partial charge in [-0.2, -0.15) is 0 Å². The molecule has 1 aliphatic carbocycles. The zero-order valence-corrected chi connectivity index (χ0v) is 15.4. The predicted octanol–water partition coefficient (Wildman–Crippen LogP) is 4.07. The third-order valence-electron chi connectivity index (χ3n) is 4.81. The number of anilines is 1. The monoisotopic (exact) mass is 380 g/mol. The molecule has 144 valence electrons. The summed E-state index contributed by atoms with van der Waals surface area (Å²) in [6, 6.07) is 10.8. The molecule has 1 amide bonds. The lowest BCUT2D eigenvalue weighted by atomic mass is 9.93. The smallest absolute Gasteiger partial charge is 0.323 e. The maximum absolute atomic E-state index is 13.2. The van der Waals surface area contributed by atoms with Crippen molar-refractivity contribution in [1.29, 1.82) is 0 Å². The maximum atomic E-state index is 13.2. The van der Waals surface area contributed by atoms with Gasteiger partial charge in [0.2, 0.25) is 0 Å². The summed E-state index contributed by atoms with van der Waals surface area (Å²) < 4.78 is 0. The topological polar surface area (TPSA) is 101 Å². The van der Waals surface area contributed by atoms with Gasteiger partial charge < -0.3 is 5.11 Å². The van der Waals surface area contributed by atoms with Gasteiger partial charge in [-0.1, -0.05) is 30.4 Å². The van der Waals surface area contributed by atoms with Crippen molar-refractivity contribution in [2.24, 2.45) is 0 Å². The number of carboxylic acids is 1. The van der Waals surface area contributed by atoms with Crippen molar-refractivity contribution in [3.8, 4) is 0 Å². The molecule has 0 aliphatic heterocycles. The van der Waals surface area contributed by atoms with Crippen LogP contribution < -0.4 is 4.90 Å². The van der Waals surface area contributed by atoms with E-state index in [-0.39, 0.29) is 17.2 Å². The Hall–Kier alpha value is -3.48. The average molecular weight is 380 g/mol. The van der Waals surface area contributed by atoms with E-state index in [0.717, 1.165) is 24.0 Å². The van der Waals surface area contributed by atoms with Gasteiger partial charge in [-0.15, -0.1) is 0 Å². The van der Waals surface area contributed by atoms with E-state index in [1.807, 2.05) is 25.1 Å². The number of non-ortho nitro benzene ring substituents is 1. The van der Waals surface area contributed by atoms with Gasteiger partial charge in [-0.25, -0.2) is 0 Å². The maximum Gasteiger partial charge on any atom is 0.323 e. The fourth-order valence-electron chi connectivity index (χ4n) is 3.51. The fraction of sp³-hybridized carbons (Fsp3) is 0.238. The summed E-state index contributed by atoms with van der Waals surface area (Å²) in [6.07, 6.45) is 6.00. The van der Waals surface area contributed by atoms with E-state index < -0.39 is 23.3 Å². The molecule has 0 heterocycles. The number of aliphatic carboxylic acids is 1. The summed E-state index contributed by atoms with van der Waals surface area (Å²) in [5.41, 5.74) is 2.36. The van der Waals surface area contributed by atoms with Gasteiger partial charge in [0.25, 0.3) is 11.6 Å². The summed E-state index contributed by atoms with van der Waals surface area (Å²) >= 11 is 0. The highest BCUT2D eigenvalue weighted by Crippen LogP contribution is 2.37. The first kappa shape index (κ1) is 19.3. The minimum atomic E-state index is -1.13. The molecule has 1 atom stereocenters. The van der Waals surface area contributed by atoms with Crippen LogP contribution in [0, 0.1) is 17.0 Å². The SMILES string of the molecule is Cc1cccc(C2C=CCC2)c1N(CC(=O)O)C(=O)c1ccc([N+](=O)[O-])cc1. The summed E-state index contributed by atoms with van der Waals surface area (Å²) in [7, 11) is 0. The van der Waals surface area contributed by atoms with E-state index in [0.29, 0.717) is 5.69 Å². The van der Waals surface area contributed by atoms with Gasteiger partial charge in [-0.3, -0.25) is 24.6 Å². The Morgan fingerprint density at radius 2 is 1.93 bits per heavy atom. The average Bonchev–Trinajstić information content (AvgIpc) is 3.20. The van der Waals surface area contributed by atoms with Crippen LogP contribution in [0.2, 0.25) is 0 Å². The quantitative estimate of drug-likeness (QED) is 0.462. The Bertz CT molecular complexity index is 950. The number of hydrogen-bond acceptors (Lipinski definition) is 4. The summed E-state index contributed by atoms with van der Waals surface area (Å²) in [5.74, 6) is -1.52. The number of hydrogen-bond donors (Lipinski definition) is 1. The molecule has 2 aromatic rings. The lowest BCUT2D eigenvalue weighted by Crippen LogP contribution is -2.37. The minimum absolute atomic E-state index is 0.121. The molecule has 1 unspecified atom stereocenters. The Labute approximate surface area is 162 Å². The second-order valence-corrected chi connectivity index (χ2v) is 6.71. The van der Waals surface area contributed by atoms with Crippen LogP contribution in [0.3, 0.4) is 0 Å². The van der Waals surface area contributed by atoms with E-state index in [4.69, 9.17) is 0 Å². The molecule has 0 radical (unpaired) electrons. The van der Waals surface area contributed by atoms with Crippen molar-refractivity contribution in [3.63, 3.8) is 0 Å². The molecule has 7 nitrogen and oxygen atoms in total. The number of carboxylic acid groups (broad SMARTS) is 1. The Morgan fingerprint density at radius 1 is 1.21 bits per heavy atom. The first-order chi connectivity index (χ1) is 13.4. The van der Waals surface area contributed by atoms with Crippen LogP contribution in [0.4, 0.5) is 11.4 Å². The first-order valence-corrected chi connectivity index (χ1v) is 8.92. The first-order valence-electron chi connectivity index (χ1n) is 8.92. The lowest BCUT2D eigenvalue weighted by Gasteiger charge is -2.27. The van der Waals surface area contributed by atoms with Crippen LogP contribution >= 0.6 is 0 Å². The number of rotatable bonds is 6. The van der Waals surface area contributed by atoms with Gasteiger partial charge >= 0.3 is 5.97 Å². The zero-order valence-electron chi connectivity index (χ0n) is 15.4. The van der Waals surface area contributed by atoms with Crippen LogP contribution in [0.25, 0.3) is 0 Å². The van der Waals surface area contributed by atoms with Gasteiger partial charge in [0.15, 0.2) is 0 Å². The van der Waals surface area contributed by atoms with Gasteiger partial charge in [0, 0.05) is 23.6 Å². The number of amides is 1. The molecule has 0 saturated carbocycles. The largest absolute Gasteiger partial charge is 0.480 e. The number of aryl methyl sites for hydroxylation is 1. The fourth-order valence-corrected chi connectivity index (χ4v) is 3.51. The second-order valence-electron chi connectivity index (χ2n) is 6.71. The Morgan fingerprint density at radius 3 is 2.50 bits per heavy atom. The van der Waals surface area contributed by atoms with Gasteiger partial charge in [0.1, 0.15) is 6.54 Å². The number of allylic oxidation sites excluding steroid dienone is 2. The van der Waals surface area contributed by atoms with Crippen molar-refractivity contribution >= 4 is 23.3 Å². The van der Waals surface area contributed by atoms with Crippen LogP contribution in [0.5, 0.6) is 0 Å². The number of nitro groups is 1. The van der Waals surface area contributed by atoms with E-state index >= 15 is 0 Å². The third kappa shape index (κ3) is 3.93. The van der Waals surface area contributed by atoms with Gasteiger partial charge in [0.05, 0.1) is 10.6 Å². The Balaban J connectivity index is 2.05. The number of benzene rings is 2. The number of carbonyl (C=O) groups excluding carboxylic acids is 1. The number of carbonyl (C=O) groups is 2. The van der Waals surface area contributed by atoms with Crippen LogP contribution in [-0.2, 0) is 4.79 Å². The molecule has 0 bridgehead atoms. The van der Waals surface area contributed by atoms with Crippen LogP contribution in [-0.4, -0.2) is 28.5 Å². The standard InChI is InChI=1S/C21H20N2O5/c1-14-5-4-8-18(15-6-2-3-7-15)20(14)22(13-19(24)25)21(26)16-9-11-17(12-10-16)23(27)28/h2,4-6,8-12,15H,3,7,13H2,1H3,(H,24,25).